The molecule has 0 aliphatic carbocycles. The molecule has 0 bridgehead atoms. The van der Waals surface area contributed by atoms with Gasteiger partial charge in [-0.1, -0.05) is 45.7 Å². The van der Waals surface area contributed by atoms with Crippen LogP contribution in [0, 0.1) is 7.14 Å². The third-order valence-corrected chi connectivity index (χ3v) is 7.51. The van der Waals surface area contributed by atoms with Crippen LogP contribution in [-0.4, -0.2) is 12.1 Å². The number of nitrogens with zero attached hydrogens (tertiary/aromatic N) is 1. The van der Waals surface area contributed by atoms with Crippen molar-refractivity contribution in [3.05, 3.63) is 92.6 Å². The lowest BCUT2D eigenvalue weighted by molar-refractivity contribution is 0.0929. The van der Waals surface area contributed by atoms with E-state index in [1.807, 2.05) is 48.5 Å². The number of halogens is 5. The lowest BCUT2D eigenvalue weighted by Gasteiger charge is -2.12. The van der Waals surface area contributed by atoms with Crippen LogP contribution >= 0.6 is 88.6 Å². The van der Waals surface area contributed by atoms with E-state index >= 15 is 0 Å². The van der Waals surface area contributed by atoms with E-state index in [1.54, 1.807) is 12.3 Å². The lowest BCUT2D eigenvalue weighted by Crippen LogP contribution is -2.16. The predicted octanol–water partition coefficient (Wildman–Crippen LogP) is 8.16. The van der Waals surface area contributed by atoms with Gasteiger partial charge >= 0.3 is 5.91 Å². The van der Waals surface area contributed by atoms with Crippen LogP contribution < -0.4 is 10.2 Å². The minimum Gasteiger partial charge on any atom is -0.487 e. The molecule has 1 amide bonds. The molecule has 1 aromatic heterocycles. The zero-order chi connectivity index (χ0) is 23.5. The molecule has 1 N–H and O–H groups in total. The van der Waals surface area contributed by atoms with Crippen molar-refractivity contribution >= 4 is 112 Å². The van der Waals surface area contributed by atoms with Gasteiger partial charge in [0.25, 0.3) is 0 Å². The highest BCUT2D eigenvalue weighted by Crippen LogP contribution is 2.31. The van der Waals surface area contributed by atoms with Crippen molar-refractivity contribution in [2.45, 2.75) is 6.61 Å². The Morgan fingerprint density at radius 1 is 1.12 bits per heavy atom. The average Bonchev–Trinajstić information content (AvgIpc) is 3.19. The highest BCUT2D eigenvalue weighted by Gasteiger charge is 2.14. The molecule has 3 aromatic carbocycles. The Morgan fingerprint density at radius 3 is 2.58 bits per heavy atom. The number of hydrogen-bond donors (Lipinski definition) is 1. The summed E-state index contributed by atoms with van der Waals surface area (Å²) in [5, 5.41) is 5.55. The van der Waals surface area contributed by atoms with E-state index in [1.165, 1.54) is 0 Å². The quantitative estimate of drug-likeness (QED) is 0.122. The Balaban J connectivity index is 1.43. The SMILES string of the molecule is O=C(N/N=C\c1cc(I)c(OCc2ccccc2Cl)c(I)c1)c1cc2cc(Br)cc(Br)c2o1. The van der Waals surface area contributed by atoms with E-state index in [0.717, 1.165) is 38.3 Å². The van der Waals surface area contributed by atoms with E-state index in [0.29, 0.717) is 17.2 Å². The fraction of sp³-hybridized carbons (Fsp3) is 0.0435. The Kier molecular flexibility index (Phi) is 8.37. The summed E-state index contributed by atoms with van der Waals surface area (Å²) in [5.74, 6) is 0.513. The van der Waals surface area contributed by atoms with E-state index in [-0.39, 0.29) is 5.76 Å². The molecule has 0 unspecified atom stereocenters. The summed E-state index contributed by atoms with van der Waals surface area (Å²) in [4.78, 5) is 12.5. The summed E-state index contributed by atoms with van der Waals surface area (Å²) >= 11 is 17.5. The number of hydrogen-bond acceptors (Lipinski definition) is 4. The highest BCUT2D eigenvalue weighted by molar-refractivity contribution is 14.1. The van der Waals surface area contributed by atoms with E-state index in [2.05, 4.69) is 87.6 Å². The number of nitrogens with one attached hydrogen (secondary N) is 1. The van der Waals surface area contributed by atoms with Gasteiger partial charge in [-0.2, -0.15) is 5.10 Å². The molecule has 0 atom stereocenters. The van der Waals surface area contributed by atoms with Crippen LogP contribution in [0.1, 0.15) is 21.7 Å². The van der Waals surface area contributed by atoms with Gasteiger partial charge in [0.2, 0.25) is 0 Å². The number of carbonyl (C=O) groups excluding carboxylic acids is 1. The smallest absolute Gasteiger partial charge is 0.307 e. The summed E-state index contributed by atoms with van der Waals surface area (Å²) in [6, 6.07) is 16.9. The first kappa shape index (κ1) is 25.0. The van der Waals surface area contributed by atoms with Crippen molar-refractivity contribution < 1.29 is 13.9 Å². The van der Waals surface area contributed by atoms with Gasteiger partial charge in [-0.05, 0) is 103 Å². The molecule has 5 nitrogen and oxygen atoms in total. The Morgan fingerprint density at radius 2 is 1.85 bits per heavy atom. The number of carbonyl (C=O) groups is 1. The molecule has 4 aromatic rings. The van der Waals surface area contributed by atoms with E-state index in [9.17, 15) is 4.79 Å². The molecule has 1 heterocycles. The third-order valence-electron chi connectivity index (χ3n) is 4.49. The van der Waals surface area contributed by atoms with Crippen LogP contribution in [0.2, 0.25) is 5.02 Å². The van der Waals surface area contributed by atoms with Gasteiger partial charge in [0.15, 0.2) is 5.76 Å². The predicted molar refractivity (Wildman–Crippen MR) is 154 cm³/mol. The Bertz CT molecular complexity index is 1370. The second kappa shape index (κ2) is 11.1. The summed E-state index contributed by atoms with van der Waals surface area (Å²) in [5.41, 5.74) is 4.85. The molecular weight excluding hydrogens is 801 g/mol. The number of fused-ring (bicyclic) bond motifs is 1. The zero-order valence-corrected chi connectivity index (χ0v) is 24.8. The Labute approximate surface area is 238 Å². The number of benzene rings is 3. The van der Waals surface area contributed by atoms with E-state index in [4.69, 9.17) is 20.8 Å². The van der Waals surface area contributed by atoms with Crippen molar-refractivity contribution in [1.82, 2.24) is 5.43 Å². The van der Waals surface area contributed by atoms with Gasteiger partial charge in [0.1, 0.15) is 17.9 Å². The molecule has 0 fully saturated rings. The minimum atomic E-state index is -0.436. The molecule has 0 saturated heterocycles. The summed E-state index contributed by atoms with van der Waals surface area (Å²) in [6.07, 6.45) is 1.58. The molecule has 4 rings (SSSR count). The average molecular weight is 814 g/mol. The third kappa shape index (κ3) is 6.11. The molecule has 0 radical (unpaired) electrons. The lowest BCUT2D eigenvalue weighted by atomic mass is 10.2. The maximum Gasteiger partial charge on any atom is 0.307 e. The first-order chi connectivity index (χ1) is 15.8. The van der Waals surface area contributed by atoms with Crippen LogP contribution in [0.3, 0.4) is 0 Å². The van der Waals surface area contributed by atoms with Gasteiger partial charge in [0, 0.05) is 20.4 Å². The molecule has 33 heavy (non-hydrogen) atoms. The summed E-state index contributed by atoms with van der Waals surface area (Å²) < 4.78 is 15.2. The summed E-state index contributed by atoms with van der Waals surface area (Å²) in [6.45, 7) is 0.374. The largest absolute Gasteiger partial charge is 0.487 e. The topological polar surface area (TPSA) is 63.8 Å². The van der Waals surface area contributed by atoms with Crippen molar-refractivity contribution in [2.75, 3.05) is 0 Å². The van der Waals surface area contributed by atoms with Gasteiger partial charge in [0.05, 0.1) is 17.8 Å². The first-order valence-corrected chi connectivity index (χ1v) is 13.5. The highest BCUT2D eigenvalue weighted by atomic mass is 127. The van der Waals surface area contributed by atoms with Crippen LogP contribution in [0.15, 0.2) is 73.1 Å². The monoisotopic (exact) mass is 812 g/mol. The van der Waals surface area contributed by atoms with Crippen molar-refractivity contribution in [2.24, 2.45) is 5.10 Å². The standard InChI is InChI=1S/C23H13Br2ClI2N2O3/c24-15-7-14-8-20(33-21(14)16(25)9-15)23(31)30-29-10-12-5-18(27)22(19(28)6-12)32-11-13-3-1-2-4-17(13)26/h1-10H,11H2,(H,30,31)/b29-10-. The van der Waals surface area contributed by atoms with Gasteiger partial charge in [-0.15, -0.1) is 0 Å². The van der Waals surface area contributed by atoms with E-state index < -0.39 is 5.91 Å². The van der Waals surface area contributed by atoms with Gasteiger partial charge in [-0.25, -0.2) is 5.43 Å². The molecule has 10 heteroatoms. The van der Waals surface area contributed by atoms with Crippen LogP contribution in [0.5, 0.6) is 5.75 Å². The molecule has 0 saturated carbocycles. The molecule has 0 spiro atoms. The summed E-state index contributed by atoms with van der Waals surface area (Å²) in [7, 11) is 0. The number of rotatable bonds is 6. The van der Waals surface area contributed by atoms with Gasteiger partial charge < -0.3 is 9.15 Å². The number of hydrazone groups is 1. The maximum absolute atomic E-state index is 12.5. The first-order valence-electron chi connectivity index (χ1n) is 9.39. The van der Waals surface area contributed by atoms with Crippen molar-refractivity contribution in [3.8, 4) is 5.75 Å². The number of amides is 1. The molecule has 0 aliphatic rings. The van der Waals surface area contributed by atoms with Crippen LogP contribution in [0.25, 0.3) is 11.0 Å². The second-order valence-corrected chi connectivity index (χ2v) is 11.3. The fourth-order valence-electron chi connectivity index (χ4n) is 2.97. The van der Waals surface area contributed by atoms with Crippen LogP contribution in [-0.2, 0) is 6.61 Å². The second-order valence-electron chi connectivity index (χ2n) is 6.81. The van der Waals surface area contributed by atoms with Gasteiger partial charge in [-0.3, -0.25) is 4.79 Å². The molecular formula is C23H13Br2ClI2N2O3. The molecule has 0 aliphatic heterocycles. The van der Waals surface area contributed by atoms with Crippen molar-refractivity contribution in [3.63, 3.8) is 0 Å². The maximum atomic E-state index is 12.5. The fourth-order valence-corrected chi connectivity index (χ4v) is 6.62. The zero-order valence-electron chi connectivity index (χ0n) is 16.5. The van der Waals surface area contributed by atoms with Crippen LogP contribution in [0.4, 0.5) is 0 Å². The molecule has 168 valence electrons. The minimum absolute atomic E-state index is 0.174. The normalized spacial score (nSPS) is 11.3. The number of ether oxygens (including phenoxy) is 1. The Hall–Kier alpha value is -1.15. The number of furan rings is 1. The van der Waals surface area contributed by atoms with Crippen molar-refractivity contribution in [1.29, 1.82) is 0 Å².